The molecule has 0 atom stereocenters. The average molecular weight is 324 g/mol. The molecule has 0 aliphatic heterocycles. The highest BCUT2D eigenvalue weighted by Crippen LogP contribution is 2.18. The van der Waals surface area contributed by atoms with Crippen molar-refractivity contribution >= 4 is 23.1 Å². The Bertz CT molecular complexity index is 961. The summed E-state index contributed by atoms with van der Waals surface area (Å²) in [5.74, 6) is 0.212. The van der Waals surface area contributed by atoms with Crippen molar-refractivity contribution < 1.29 is 0 Å². The van der Waals surface area contributed by atoms with Gasteiger partial charge in [-0.25, -0.2) is 5.43 Å². The van der Waals surface area contributed by atoms with Gasteiger partial charge in [0.25, 0.3) is 5.56 Å². The predicted octanol–water partition coefficient (Wildman–Crippen LogP) is 2.40. The minimum absolute atomic E-state index is 0.212. The second-order valence-electron chi connectivity index (χ2n) is 6.68. The standard InChI is InChI=1S/C17H20N6O/c1-17(2,3)14-15(24)19-16(22-20-14)21-18-9-11-10-23(4)13-8-6-5-7-12(11)13/h5-10H,1-4H3,(H2,19,21,22,24)/b18-9+. The number of hydrazone groups is 1. The molecule has 2 N–H and O–H groups in total. The highest BCUT2D eigenvalue weighted by Gasteiger charge is 2.20. The van der Waals surface area contributed by atoms with E-state index in [1.54, 1.807) is 6.21 Å². The number of aryl methyl sites for hydroxylation is 1. The number of rotatable bonds is 3. The Morgan fingerprint density at radius 1 is 1.25 bits per heavy atom. The lowest BCUT2D eigenvalue weighted by Crippen LogP contribution is -2.28. The molecule has 0 amide bonds. The Kier molecular flexibility index (Phi) is 3.92. The molecule has 3 aromatic rings. The van der Waals surface area contributed by atoms with Crippen LogP contribution in [0.25, 0.3) is 10.9 Å². The van der Waals surface area contributed by atoms with Gasteiger partial charge in [-0.15, -0.1) is 10.2 Å². The fourth-order valence-corrected chi connectivity index (χ4v) is 2.52. The van der Waals surface area contributed by atoms with Crippen LogP contribution in [-0.2, 0) is 12.5 Å². The molecular weight excluding hydrogens is 304 g/mol. The van der Waals surface area contributed by atoms with Gasteiger partial charge < -0.3 is 4.57 Å². The number of aromatic amines is 1. The minimum Gasteiger partial charge on any atom is -0.350 e. The van der Waals surface area contributed by atoms with Crippen LogP contribution < -0.4 is 11.0 Å². The van der Waals surface area contributed by atoms with Gasteiger partial charge in [-0.1, -0.05) is 39.0 Å². The normalized spacial score (nSPS) is 12.2. The third kappa shape index (κ3) is 3.05. The first-order valence-corrected chi connectivity index (χ1v) is 7.67. The van der Waals surface area contributed by atoms with E-state index >= 15 is 0 Å². The number of hydrogen-bond donors (Lipinski definition) is 2. The summed E-state index contributed by atoms with van der Waals surface area (Å²) in [5, 5.41) is 13.2. The summed E-state index contributed by atoms with van der Waals surface area (Å²) in [6, 6.07) is 8.07. The number of H-pyrrole nitrogens is 1. The van der Waals surface area contributed by atoms with Crippen LogP contribution >= 0.6 is 0 Å². The molecule has 7 heteroatoms. The van der Waals surface area contributed by atoms with Crippen molar-refractivity contribution in [2.45, 2.75) is 26.2 Å². The van der Waals surface area contributed by atoms with Gasteiger partial charge in [0.1, 0.15) is 5.69 Å². The van der Waals surface area contributed by atoms with E-state index in [4.69, 9.17) is 0 Å². The number of para-hydroxylation sites is 1. The van der Waals surface area contributed by atoms with Crippen molar-refractivity contribution in [3.05, 3.63) is 52.1 Å². The molecule has 0 aliphatic rings. The minimum atomic E-state index is -0.356. The lowest BCUT2D eigenvalue weighted by atomic mass is 9.93. The topological polar surface area (TPSA) is 88.0 Å². The van der Waals surface area contributed by atoms with E-state index in [0.29, 0.717) is 5.69 Å². The first kappa shape index (κ1) is 15.9. The molecule has 0 bridgehead atoms. The molecule has 124 valence electrons. The van der Waals surface area contributed by atoms with Crippen molar-refractivity contribution in [2.24, 2.45) is 12.1 Å². The third-order valence-electron chi connectivity index (χ3n) is 3.71. The van der Waals surface area contributed by atoms with Crippen molar-refractivity contribution in [3.8, 4) is 0 Å². The molecule has 0 unspecified atom stereocenters. The molecule has 0 radical (unpaired) electrons. The van der Waals surface area contributed by atoms with Gasteiger partial charge in [0, 0.05) is 35.1 Å². The molecule has 0 spiro atoms. The van der Waals surface area contributed by atoms with Gasteiger partial charge in [-0.2, -0.15) is 5.10 Å². The van der Waals surface area contributed by atoms with Crippen LogP contribution in [0, 0.1) is 0 Å². The Hall–Kier alpha value is -2.96. The van der Waals surface area contributed by atoms with Gasteiger partial charge in [0.15, 0.2) is 0 Å². The predicted molar refractivity (Wildman–Crippen MR) is 95.5 cm³/mol. The van der Waals surface area contributed by atoms with Crippen LogP contribution in [0.3, 0.4) is 0 Å². The van der Waals surface area contributed by atoms with Crippen LogP contribution in [0.2, 0.25) is 0 Å². The zero-order valence-corrected chi connectivity index (χ0v) is 14.2. The summed E-state index contributed by atoms with van der Waals surface area (Å²) in [7, 11) is 1.99. The summed E-state index contributed by atoms with van der Waals surface area (Å²) < 4.78 is 2.04. The quantitative estimate of drug-likeness (QED) is 0.572. The smallest absolute Gasteiger partial charge is 0.274 e. The molecule has 3 rings (SSSR count). The number of anilines is 1. The summed E-state index contributed by atoms with van der Waals surface area (Å²) >= 11 is 0. The number of nitrogens with one attached hydrogen (secondary N) is 2. The van der Waals surface area contributed by atoms with Crippen LogP contribution in [0.15, 0.2) is 40.4 Å². The van der Waals surface area contributed by atoms with Crippen LogP contribution in [0.1, 0.15) is 32.0 Å². The summed E-state index contributed by atoms with van der Waals surface area (Å²) in [6.07, 6.45) is 3.69. The molecule has 0 aliphatic carbocycles. The maximum atomic E-state index is 12.0. The fraction of sp³-hybridized carbons (Fsp3) is 0.294. The monoisotopic (exact) mass is 324 g/mol. The molecule has 0 fully saturated rings. The zero-order valence-electron chi connectivity index (χ0n) is 14.2. The lowest BCUT2D eigenvalue weighted by Gasteiger charge is -2.15. The average Bonchev–Trinajstić information content (AvgIpc) is 2.83. The van der Waals surface area contributed by atoms with E-state index < -0.39 is 0 Å². The van der Waals surface area contributed by atoms with Crippen molar-refractivity contribution in [1.82, 2.24) is 19.7 Å². The molecule has 7 nitrogen and oxygen atoms in total. The molecule has 2 heterocycles. The SMILES string of the molecule is Cn1cc(/C=N/Nc2nnc(C(C)(C)C)c(=O)[nH]2)c2ccccc21. The Morgan fingerprint density at radius 2 is 2.00 bits per heavy atom. The van der Waals surface area contributed by atoms with Crippen molar-refractivity contribution in [1.29, 1.82) is 0 Å². The van der Waals surface area contributed by atoms with E-state index in [0.717, 1.165) is 16.5 Å². The summed E-state index contributed by atoms with van der Waals surface area (Å²) in [5.41, 5.74) is 4.59. The summed E-state index contributed by atoms with van der Waals surface area (Å²) in [4.78, 5) is 14.7. The second-order valence-corrected chi connectivity index (χ2v) is 6.68. The van der Waals surface area contributed by atoms with E-state index in [9.17, 15) is 4.79 Å². The highest BCUT2D eigenvalue weighted by atomic mass is 16.1. The largest absolute Gasteiger partial charge is 0.350 e. The zero-order chi connectivity index (χ0) is 17.3. The Labute approximate surface area is 139 Å². The summed E-state index contributed by atoms with van der Waals surface area (Å²) in [6.45, 7) is 5.74. The number of nitrogens with zero attached hydrogens (tertiary/aromatic N) is 4. The fourth-order valence-electron chi connectivity index (χ4n) is 2.52. The number of hydrogen-bond acceptors (Lipinski definition) is 5. The molecule has 1 aromatic carbocycles. The van der Waals surface area contributed by atoms with Gasteiger partial charge in [-0.3, -0.25) is 9.78 Å². The first-order chi connectivity index (χ1) is 11.4. The lowest BCUT2D eigenvalue weighted by molar-refractivity contribution is 0.547. The van der Waals surface area contributed by atoms with Crippen molar-refractivity contribution in [2.75, 3.05) is 5.43 Å². The van der Waals surface area contributed by atoms with E-state index in [1.807, 2.05) is 62.8 Å². The number of aromatic nitrogens is 4. The van der Waals surface area contributed by atoms with E-state index in [1.165, 1.54) is 0 Å². The van der Waals surface area contributed by atoms with E-state index in [-0.39, 0.29) is 16.9 Å². The first-order valence-electron chi connectivity index (χ1n) is 7.67. The highest BCUT2D eigenvalue weighted by molar-refractivity contribution is 5.99. The third-order valence-corrected chi connectivity index (χ3v) is 3.71. The van der Waals surface area contributed by atoms with Gasteiger partial charge >= 0.3 is 0 Å². The maximum absolute atomic E-state index is 12.0. The van der Waals surface area contributed by atoms with Gasteiger partial charge in [0.2, 0.25) is 5.95 Å². The molecule has 0 saturated heterocycles. The molecule has 2 aromatic heterocycles. The second kappa shape index (κ2) is 5.92. The molecule has 24 heavy (non-hydrogen) atoms. The Balaban J connectivity index is 1.81. The maximum Gasteiger partial charge on any atom is 0.274 e. The van der Waals surface area contributed by atoms with Crippen LogP contribution in [0.4, 0.5) is 5.95 Å². The van der Waals surface area contributed by atoms with Crippen LogP contribution in [-0.4, -0.2) is 26.0 Å². The molecule has 0 saturated carbocycles. The number of fused-ring (bicyclic) bond motifs is 1. The number of benzene rings is 1. The van der Waals surface area contributed by atoms with Gasteiger partial charge in [-0.05, 0) is 6.07 Å². The molecular formula is C17H20N6O. The van der Waals surface area contributed by atoms with Crippen molar-refractivity contribution in [3.63, 3.8) is 0 Å². The Morgan fingerprint density at radius 3 is 2.71 bits per heavy atom. The van der Waals surface area contributed by atoms with Crippen LogP contribution in [0.5, 0.6) is 0 Å². The van der Waals surface area contributed by atoms with Gasteiger partial charge in [0.05, 0.1) is 6.21 Å². The van der Waals surface area contributed by atoms with E-state index in [2.05, 4.69) is 25.7 Å².